The molecule has 1 aromatic heterocycles. The summed E-state index contributed by atoms with van der Waals surface area (Å²) in [5, 5.41) is 23.5. The van der Waals surface area contributed by atoms with Crippen LogP contribution in [0.25, 0.3) is 0 Å². The summed E-state index contributed by atoms with van der Waals surface area (Å²) in [6.45, 7) is 4.27. The molecule has 7 nitrogen and oxygen atoms in total. The highest BCUT2D eigenvalue weighted by molar-refractivity contribution is 7.13. The molecule has 0 radical (unpaired) electrons. The van der Waals surface area contributed by atoms with Gasteiger partial charge in [0.1, 0.15) is 11.0 Å². The lowest BCUT2D eigenvalue weighted by Gasteiger charge is -2.11. The molecule has 1 aromatic carbocycles. The summed E-state index contributed by atoms with van der Waals surface area (Å²) in [5.41, 5.74) is 1.90. The number of anilines is 1. The lowest BCUT2D eigenvalue weighted by Crippen LogP contribution is -2.35. The van der Waals surface area contributed by atoms with E-state index in [-0.39, 0.29) is 17.5 Å². The van der Waals surface area contributed by atoms with E-state index in [0.717, 1.165) is 24.2 Å². The van der Waals surface area contributed by atoms with Crippen LogP contribution in [-0.2, 0) is 17.8 Å². The normalized spacial score (nSPS) is 11.9. The molecule has 0 saturated heterocycles. The molecule has 1 unspecified atom stereocenters. The van der Waals surface area contributed by atoms with E-state index in [1.165, 1.54) is 5.56 Å². The molecule has 8 heteroatoms. The number of carbonyl (C=O) groups excluding carboxylic acids is 1. The van der Waals surface area contributed by atoms with E-state index >= 15 is 0 Å². The van der Waals surface area contributed by atoms with Crippen LogP contribution in [0.4, 0.5) is 5.69 Å². The maximum atomic E-state index is 12.2. The minimum absolute atomic E-state index is 0.249. The number of rotatable bonds is 9. The van der Waals surface area contributed by atoms with Crippen molar-refractivity contribution in [1.82, 2.24) is 15.5 Å². The number of carboxylic acid groups (broad SMARTS) is 1. The Kier molecular flexibility index (Phi) is 7.03. The van der Waals surface area contributed by atoms with Crippen molar-refractivity contribution in [2.75, 3.05) is 5.32 Å². The van der Waals surface area contributed by atoms with Gasteiger partial charge in [0, 0.05) is 5.69 Å². The molecule has 1 atom stereocenters. The molecule has 134 valence electrons. The molecule has 0 bridgehead atoms. The van der Waals surface area contributed by atoms with Crippen molar-refractivity contribution < 1.29 is 14.7 Å². The molecule has 3 N–H and O–H groups in total. The maximum absolute atomic E-state index is 12.2. The molecule has 0 aliphatic rings. The predicted octanol–water partition coefficient (Wildman–Crippen LogP) is 2.70. The summed E-state index contributed by atoms with van der Waals surface area (Å²) in [4.78, 5) is 23.3. The van der Waals surface area contributed by atoms with Gasteiger partial charge in [-0.05, 0) is 30.5 Å². The largest absolute Gasteiger partial charge is 0.480 e. The average Bonchev–Trinajstić information content (AvgIpc) is 3.08. The van der Waals surface area contributed by atoms with E-state index in [4.69, 9.17) is 5.11 Å². The molecule has 0 aliphatic carbocycles. The predicted molar refractivity (Wildman–Crippen MR) is 96.9 cm³/mol. The molecule has 1 heterocycles. The Labute approximate surface area is 150 Å². The second kappa shape index (κ2) is 9.24. The number of nitrogens with zero attached hydrogens (tertiary/aromatic N) is 2. The van der Waals surface area contributed by atoms with Gasteiger partial charge in [0.05, 0.1) is 6.54 Å². The smallest absolute Gasteiger partial charge is 0.320 e. The van der Waals surface area contributed by atoms with Gasteiger partial charge in [-0.2, -0.15) is 0 Å². The monoisotopic (exact) mass is 362 g/mol. The van der Waals surface area contributed by atoms with Gasteiger partial charge >= 0.3 is 5.97 Å². The highest BCUT2D eigenvalue weighted by Gasteiger charge is 2.18. The van der Waals surface area contributed by atoms with E-state index in [9.17, 15) is 9.59 Å². The van der Waals surface area contributed by atoms with Gasteiger partial charge in [-0.15, -0.1) is 10.2 Å². The SMILES string of the molecule is CCCC(NCc1nnc(C(=O)Nc2ccc(CC)cc2)s1)C(=O)O. The van der Waals surface area contributed by atoms with Crippen LogP contribution in [-0.4, -0.2) is 33.2 Å². The van der Waals surface area contributed by atoms with Gasteiger partial charge in [-0.3, -0.25) is 14.9 Å². The fraction of sp³-hybridized carbons (Fsp3) is 0.412. The highest BCUT2D eigenvalue weighted by atomic mass is 32.1. The first-order valence-electron chi connectivity index (χ1n) is 8.22. The molecule has 0 saturated carbocycles. The van der Waals surface area contributed by atoms with Crippen LogP contribution in [0.5, 0.6) is 0 Å². The number of hydrogen-bond donors (Lipinski definition) is 3. The second-order valence-corrected chi connectivity index (χ2v) is 6.63. The van der Waals surface area contributed by atoms with E-state index in [0.29, 0.717) is 17.1 Å². The van der Waals surface area contributed by atoms with E-state index in [2.05, 4.69) is 27.8 Å². The van der Waals surface area contributed by atoms with Crippen molar-refractivity contribution in [2.45, 2.75) is 45.7 Å². The standard InChI is InChI=1S/C17H22N4O3S/c1-3-5-13(17(23)24)18-10-14-20-21-16(25-14)15(22)19-12-8-6-11(4-2)7-9-12/h6-9,13,18H,3-5,10H2,1-2H3,(H,19,22)(H,23,24). The first-order valence-corrected chi connectivity index (χ1v) is 9.04. The Balaban J connectivity index is 1.92. The number of carbonyl (C=O) groups is 2. The fourth-order valence-corrected chi connectivity index (χ4v) is 2.92. The van der Waals surface area contributed by atoms with Crippen LogP contribution < -0.4 is 10.6 Å². The van der Waals surface area contributed by atoms with Gasteiger partial charge in [-0.1, -0.05) is 43.7 Å². The molecular formula is C17H22N4O3S. The zero-order chi connectivity index (χ0) is 18.2. The lowest BCUT2D eigenvalue weighted by molar-refractivity contribution is -0.139. The molecule has 25 heavy (non-hydrogen) atoms. The Morgan fingerprint density at radius 2 is 1.92 bits per heavy atom. The minimum Gasteiger partial charge on any atom is -0.480 e. The van der Waals surface area contributed by atoms with Crippen LogP contribution in [0.15, 0.2) is 24.3 Å². The van der Waals surface area contributed by atoms with Gasteiger partial charge in [-0.25, -0.2) is 0 Å². The molecule has 0 spiro atoms. The van der Waals surface area contributed by atoms with Crippen molar-refractivity contribution in [3.63, 3.8) is 0 Å². The van der Waals surface area contributed by atoms with E-state index in [1.807, 2.05) is 31.2 Å². The molecular weight excluding hydrogens is 340 g/mol. The van der Waals surface area contributed by atoms with Crippen molar-refractivity contribution >= 4 is 28.9 Å². The summed E-state index contributed by atoms with van der Waals surface area (Å²) in [7, 11) is 0. The Hall–Kier alpha value is -2.32. The minimum atomic E-state index is -0.889. The van der Waals surface area contributed by atoms with Gasteiger partial charge < -0.3 is 10.4 Å². The topological polar surface area (TPSA) is 104 Å². The van der Waals surface area contributed by atoms with Gasteiger partial charge in [0.25, 0.3) is 5.91 Å². The number of aliphatic carboxylic acids is 1. The van der Waals surface area contributed by atoms with Crippen molar-refractivity contribution in [3.8, 4) is 0 Å². The quantitative estimate of drug-likeness (QED) is 0.633. The van der Waals surface area contributed by atoms with Gasteiger partial charge in [0.15, 0.2) is 0 Å². The molecule has 2 aromatic rings. The van der Waals surface area contributed by atoms with Crippen LogP contribution in [0, 0.1) is 0 Å². The molecule has 0 aliphatic heterocycles. The number of carboxylic acids is 1. The zero-order valence-corrected chi connectivity index (χ0v) is 15.1. The third kappa shape index (κ3) is 5.61. The Morgan fingerprint density at radius 1 is 1.20 bits per heavy atom. The zero-order valence-electron chi connectivity index (χ0n) is 14.3. The summed E-state index contributed by atoms with van der Waals surface area (Å²) in [5.74, 6) is -1.21. The second-order valence-electron chi connectivity index (χ2n) is 5.57. The van der Waals surface area contributed by atoms with Crippen molar-refractivity contribution in [2.24, 2.45) is 0 Å². The first kappa shape index (κ1) is 19.0. The molecule has 1 amide bonds. The number of hydrogen-bond acceptors (Lipinski definition) is 6. The maximum Gasteiger partial charge on any atom is 0.320 e. The van der Waals surface area contributed by atoms with Crippen LogP contribution >= 0.6 is 11.3 Å². The van der Waals surface area contributed by atoms with E-state index < -0.39 is 12.0 Å². The number of amides is 1. The average molecular weight is 362 g/mol. The summed E-state index contributed by atoms with van der Waals surface area (Å²) < 4.78 is 0. The Morgan fingerprint density at radius 3 is 2.52 bits per heavy atom. The van der Waals surface area contributed by atoms with E-state index in [1.54, 1.807) is 0 Å². The van der Waals surface area contributed by atoms with Crippen LogP contribution in [0.3, 0.4) is 0 Å². The van der Waals surface area contributed by atoms with Gasteiger partial charge in [0.2, 0.25) is 5.01 Å². The lowest BCUT2D eigenvalue weighted by atomic mass is 10.1. The number of aromatic nitrogens is 2. The van der Waals surface area contributed by atoms with Crippen LogP contribution in [0.1, 0.15) is 47.1 Å². The van der Waals surface area contributed by atoms with Crippen LogP contribution in [0.2, 0.25) is 0 Å². The third-order valence-corrected chi connectivity index (χ3v) is 4.58. The number of nitrogens with one attached hydrogen (secondary N) is 2. The summed E-state index contributed by atoms with van der Waals surface area (Å²) >= 11 is 1.15. The summed E-state index contributed by atoms with van der Waals surface area (Å²) in [6, 6.07) is 7.00. The van der Waals surface area contributed by atoms with Crippen molar-refractivity contribution in [1.29, 1.82) is 0 Å². The molecule has 2 rings (SSSR count). The summed E-state index contributed by atoms with van der Waals surface area (Å²) in [6.07, 6.45) is 2.25. The first-order chi connectivity index (χ1) is 12.0. The Bertz CT molecular complexity index is 715. The number of aryl methyl sites for hydroxylation is 1. The third-order valence-electron chi connectivity index (χ3n) is 3.66. The highest BCUT2D eigenvalue weighted by Crippen LogP contribution is 2.15. The number of benzene rings is 1. The van der Waals surface area contributed by atoms with Crippen molar-refractivity contribution in [3.05, 3.63) is 39.8 Å². The molecule has 0 fully saturated rings. The fourth-order valence-electron chi connectivity index (χ4n) is 2.24.